The van der Waals surface area contributed by atoms with E-state index < -0.39 is 0 Å². The summed E-state index contributed by atoms with van der Waals surface area (Å²) in [6, 6.07) is 0. The second-order valence-corrected chi connectivity index (χ2v) is 4.54. The van der Waals surface area contributed by atoms with Crippen molar-refractivity contribution < 1.29 is 4.79 Å². The van der Waals surface area contributed by atoms with E-state index in [-0.39, 0.29) is 0 Å². The van der Waals surface area contributed by atoms with E-state index in [1.807, 2.05) is 0 Å². The zero-order valence-corrected chi connectivity index (χ0v) is 6.75. The molecule has 0 spiro atoms. The molecule has 60 valence electrons. The minimum atomic E-state index is 0.551. The van der Waals surface area contributed by atoms with Crippen LogP contribution in [-0.2, 0) is 4.79 Å². The van der Waals surface area contributed by atoms with Gasteiger partial charge in [0.05, 0.1) is 0 Å². The highest BCUT2D eigenvalue weighted by molar-refractivity contribution is 5.87. The highest BCUT2D eigenvalue weighted by Crippen LogP contribution is 2.59. The van der Waals surface area contributed by atoms with Gasteiger partial charge in [0.25, 0.3) is 0 Å². The average molecular weight is 150 g/mol. The summed E-state index contributed by atoms with van der Waals surface area (Å²) >= 11 is 0. The molecule has 0 aliphatic heterocycles. The van der Waals surface area contributed by atoms with Crippen molar-refractivity contribution >= 4 is 5.78 Å². The van der Waals surface area contributed by atoms with Crippen molar-refractivity contribution in [1.29, 1.82) is 0 Å². The molecule has 3 aliphatic carbocycles. The Morgan fingerprint density at radius 1 is 1.27 bits per heavy atom. The Bertz CT molecular complexity index is 205. The summed E-state index contributed by atoms with van der Waals surface area (Å²) in [6.07, 6.45) is 6.41. The maximum atomic E-state index is 11.2. The highest BCUT2D eigenvalue weighted by Gasteiger charge is 2.58. The molecule has 0 saturated heterocycles. The van der Waals surface area contributed by atoms with Gasteiger partial charge in [-0.15, -0.1) is 0 Å². The molecule has 0 unspecified atom stereocenters. The zero-order valence-electron chi connectivity index (χ0n) is 6.75. The maximum Gasteiger partial charge on any atom is 0.136 e. The number of fused-ring (bicyclic) bond motifs is 1. The van der Waals surface area contributed by atoms with Crippen LogP contribution in [0.3, 0.4) is 0 Å². The number of hydrogen-bond donors (Lipinski definition) is 0. The molecule has 3 rings (SSSR count). The predicted octanol–water partition coefficient (Wildman–Crippen LogP) is 2.01. The van der Waals surface area contributed by atoms with Gasteiger partial charge in [-0.2, -0.15) is 0 Å². The molecule has 0 amide bonds. The van der Waals surface area contributed by atoms with E-state index in [9.17, 15) is 4.79 Å². The van der Waals surface area contributed by atoms with Crippen molar-refractivity contribution in [3.8, 4) is 0 Å². The van der Waals surface area contributed by atoms with Crippen molar-refractivity contribution in [3.63, 3.8) is 0 Å². The summed E-state index contributed by atoms with van der Waals surface area (Å²) in [6.45, 7) is 0. The normalized spacial score (nSPS) is 47.6. The van der Waals surface area contributed by atoms with Gasteiger partial charge in [0.15, 0.2) is 0 Å². The molecular formula is C10H14O. The lowest BCUT2D eigenvalue weighted by molar-refractivity contribution is -0.119. The van der Waals surface area contributed by atoms with Crippen molar-refractivity contribution in [1.82, 2.24) is 0 Å². The third kappa shape index (κ3) is 0.863. The molecular weight excluding hydrogens is 136 g/mol. The van der Waals surface area contributed by atoms with E-state index in [1.165, 1.54) is 25.7 Å². The Morgan fingerprint density at radius 2 is 2.09 bits per heavy atom. The lowest BCUT2D eigenvalue weighted by atomic mass is 10.1. The number of ketones is 1. The number of carbonyl (C=O) groups is 1. The lowest BCUT2D eigenvalue weighted by Gasteiger charge is -1.98. The van der Waals surface area contributed by atoms with Crippen LogP contribution in [0.5, 0.6) is 0 Å². The Morgan fingerprint density at radius 3 is 2.64 bits per heavy atom. The third-order valence-electron chi connectivity index (χ3n) is 3.73. The van der Waals surface area contributed by atoms with Crippen LogP contribution in [0, 0.1) is 23.7 Å². The number of hydrogen-bond acceptors (Lipinski definition) is 1. The summed E-state index contributed by atoms with van der Waals surface area (Å²) in [5.74, 6) is 3.86. The predicted molar refractivity (Wildman–Crippen MR) is 42.1 cm³/mol. The molecule has 3 atom stereocenters. The largest absolute Gasteiger partial charge is 0.299 e. The van der Waals surface area contributed by atoms with Crippen LogP contribution in [0.1, 0.15) is 32.1 Å². The second kappa shape index (κ2) is 1.88. The minimum Gasteiger partial charge on any atom is -0.299 e. The summed E-state index contributed by atoms with van der Waals surface area (Å²) in [5, 5.41) is 0. The van der Waals surface area contributed by atoms with Gasteiger partial charge in [0, 0.05) is 12.3 Å². The second-order valence-electron chi connectivity index (χ2n) is 4.54. The van der Waals surface area contributed by atoms with Gasteiger partial charge in [-0.3, -0.25) is 4.79 Å². The molecule has 0 radical (unpaired) electrons. The molecule has 3 fully saturated rings. The van der Waals surface area contributed by atoms with E-state index in [1.54, 1.807) is 0 Å². The van der Waals surface area contributed by atoms with Gasteiger partial charge in [-0.25, -0.2) is 0 Å². The van der Waals surface area contributed by atoms with Crippen LogP contribution in [0.2, 0.25) is 0 Å². The number of carbonyl (C=O) groups excluding carboxylic acids is 1. The van der Waals surface area contributed by atoms with Crippen LogP contribution in [-0.4, -0.2) is 5.78 Å². The fourth-order valence-electron chi connectivity index (χ4n) is 2.85. The van der Waals surface area contributed by atoms with Crippen LogP contribution in [0.4, 0.5) is 0 Å². The standard InChI is InChI=1S/C10H14O/c11-9-4-3-7-8(10(7)9)5-6-1-2-6/h6-8,10H,1-5H2/t7-,8+,10-/m0/s1. The van der Waals surface area contributed by atoms with Crippen LogP contribution < -0.4 is 0 Å². The summed E-state index contributed by atoms with van der Waals surface area (Å²) in [4.78, 5) is 11.2. The highest BCUT2D eigenvalue weighted by atomic mass is 16.1. The lowest BCUT2D eigenvalue weighted by Crippen LogP contribution is -1.99. The first kappa shape index (κ1) is 6.22. The van der Waals surface area contributed by atoms with E-state index in [2.05, 4.69) is 0 Å². The Balaban J connectivity index is 1.63. The van der Waals surface area contributed by atoms with Gasteiger partial charge < -0.3 is 0 Å². The molecule has 3 saturated carbocycles. The van der Waals surface area contributed by atoms with Gasteiger partial charge in [-0.05, 0) is 30.6 Å². The number of rotatable bonds is 2. The topological polar surface area (TPSA) is 17.1 Å². The SMILES string of the molecule is O=C1CC[C@H]2[C@@H](CC3CC3)[C@@H]12. The monoisotopic (exact) mass is 150 g/mol. The van der Waals surface area contributed by atoms with E-state index in [0.717, 1.165) is 24.2 Å². The smallest absolute Gasteiger partial charge is 0.136 e. The van der Waals surface area contributed by atoms with Crippen molar-refractivity contribution in [2.45, 2.75) is 32.1 Å². The van der Waals surface area contributed by atoms with Gasteiger partial charge in [0.1, 0.15) is 5.78 Å². The molecule has 0 heterocycles. The van der Waals surface area contributed by atoms with Gasteiger partial charge >= 0.3 is 0 Å². The Labute approximate surface area is 67.2 Å². The fourth-order valence-corrected chi connectivity index (χ4v) is 2.85. The van der Waals surface area contributed by atoms with E-state index in [0.29, 0.717) is 11.7 Å². The molecule has 0 bridgehead atoms. The number of Topliss-reactive ketones (excluding diaryl/α,β-unsaturated/α-hetero) is 1. The van der Waals surface area contributed by atoms with Crippen molar-refractivity contribution in [3.05, 3.63) is 0 Å². The first-order chi connectivity index (χ1) is 5.36. The first-order valence-corrected chi connectivity index (χ1v) is 4.89. The molecule has 0 N–H and O–H groups in total. The zero-order chi connectivity index (χ0) is 7.42. The minimum absolute atomic E-state index is 0.551. The summed E-state index contributed by atoms with van der Waals surface area (Å²) in [5.41, 5.74) is 0. The maximum absolute atomic E-state index is 11.2. The van der Waals surface area contributed by atoms with Gasteiger partial charge in [-0.1, -0.05) is 12.8 Å². The molecule has 3 aliphatic rings. The van der Waals surface area contributed by atoms with E-state index in [4.69, 9.17) is 0 Å². The van der Waals surface area contributed by atoms with E-state index >= 15 is 0 Å². The fraction of sp³-hybridized carbons (Fsp3) is 0.900. The van der Waals surface area contributed by atoms with Crippen molar-refractivity contribution in [2.24, 2.45) is 23.7 Å². The molecule has 0 aromatic rings. The third-order valence-corrected chi connectivity index (χ3v) is 3.73. The molecule has 1 nitrogen and oxygen atoms in total. The molecule has 0 aromatic heterocycles. The Kier molecular flexibility index (Phi) is 1.06. The molecule has 0 aromatic carbocycles. The molecule has 11 heavy (non-hydrogen) atoms. The van der Waals surface area contributed by atoms with Crippen LogP contribution in [0.15, 0.2) is 0 Å². The summed E-state index contributed by atoms with van der Waals surface area (Å²) < 4.78 is 0. The Hall–Kier alpha value is -0.330. The molecule has 1 heteroatoms. The average Bonchev–Trinajstić information content (AvgIpc) is 2.85. The van der Waals surface area contributed by atoms with Crippen molar-refractivity contribution in [2.75, 3.05) is 0 Å². The quantitative estimate of drug-likeness (QED) is 0.588. The van der Waals surface area contributed by atoms with Crippen LogP contribution >= 0.6 is 0 Å². The van der Waals surface area contributed by atoms with Gasteiger partial charge in [0.2, 0.25) is 0 Å². The van der Waals surface area contributed by atoms with Crippen LogP contribution in [0.25, 0.3) is 0 Å². The summed E-state index contributed by atoms with van der Waals surface area (Å²) in [7, 11) is 0. The first-order valence-electron chi connectivity index (χ1n) is 4.89.